The first-order valence-corrected chi connectivity index (χ1v) is 15.2. The van der Waals surface area contributed by atoms with Gasteiger partial charge in [0.15, 0.2) is 0 Å². The number of ether oxygens (including phenoxy) is 1. The van der Waals surface area contributed by atoms with Crippen molar-refractivity contribution in [2.24, 2.45) is 0 Å². The van der Waals surface area contributed by atoms with E-state index in [-0.39, 0.29) is 18.0 Å². The minimum absolute atomic E-state index is 0.0282. The minimum atomic E-state index is 0.0282. The van der Waals surface area contributed by atoms with Crippen LogP contribution in [0.1, 0.15) is 68.5 Å². The molecule has 1 unspecified atom stereocenters. The van der Waals surface area contributed by atoms with E-state index in [1.807, 2.05) is 11.9 Å². The second-order valence-electron chi connectivity index (χ2n) is 11.1. The molecule has 3 aromatic rings. The van der Waals surface area contributed by atoms with Crippen molar-refractivity contribution in [3.05, 3.63) is 71.8 Å². The highest BCUT2D eigenvalue weighted by molar-refractivity contribution is 7.97. The van der Waals surface area contributed by atoms with E-state index in [1.54, 1.807) is 0 Å². The first-order chi connectivity index (χ1) is 18.7. The van der Waals surface area contributed by atoms with Crippen molar-refractivity contribution in [1.29, 1.82) is 0 Å². The predicted molar refractivity (Wildman–Crippen MR) is 155 cm³/mol. The van der Waals surface area contributed by atoms with Gasteiger partial charge >= 0.3 is 0 Å². The molecule has 1 N–H and O–H groups in total. The number of fused-ring (bicyclic) bond motifs is 2. The largest absolute Gasteiger partial charge is 0.493 e. The highest BCUT2D eigenvalue weighted by Crippen LogP contribution is 2.35. The lowest BCUT2D eigenvalue weighted by Gasteiger charge is -2.35. The quantitative estimate of drug-likeness (QED) is 0.344. The number of rotatable bonds is 7. The maximum Gasteiger partial charge on any atom is 0.222 e. The molecule has 38 heavy (non-hydrogen) atoms. The smallest absolute Gasteiger partial charge is 0.222 e. The standard InChI is InChI=1S/C32H39N3O2S/c36-32(22-27-10-4-7-18-35(27)38-28-13-12-25-8-2-3-9-26(25)21-28)33-30-15-19-37-31-20-24(11-14-29(30)31)23-34-16-5-1-6-17-34/h2-3,8-9,11-14,20-21,27,30H,1,4-7,10,15-19,22-23H2,(H,33,36)/t27?,30-/m1/s1. The van der Waals surface area contributed by atoms with Gasteiger partial charge in [0.2, 0.25) is 5.91 Å². The number of nitrogens with zero attached hydrogens (tertiary/aromatic N) is 2. The molecule has 5 nitrogen and oxygen atoms in total. The Hall–Kier alpha value is -2.54. The van der Waals surface area contributed by atoms with E-state index < -0.39 is 0 Å². The SMILES string of the molecule is O=C(CC1CCCCN1Sc1ccc2ccccc2c1)N[C@@H]1CCOc2cc(CN3CCCCC3)ccc21. The molecule has 3 aliphatic rings. The summed E-state index contributed by atoms with van der Waals surface area (Å²) in [7, 11) is 0. The van der Waals surface area contributed by atoms with Gasteiger partial charge in [0.25, 0.3) is 0 Å². The maximum absolute atomic E-state index is 13.3. The molecule has 2 atom stereocenters. The lowest BCUT2D eigenvalue weighted by Crippen LogP contribution is -2.40. The van der Waals surface area contributed by atoms with Crippen LogP contribution in [0, 0.1) is 0 Å². The van der Waals surface area contributed by atoms with E-state index in [9.17, 15) is 4.79 Å². The predicted octanol–water partition coefficient (Wildman–Crippen LogP) is 6.72. The molecule has 0 spiro atoms. The van der Waals surface area contributed by atoms with Crippen molar-refractivity contribution in [3.63, 3.8) is 0 Å². The third kappa shape index (κ3) is 6.19. The van der Waals surface area contributed by atoms with Crippen molar-refractivity contribution in [2.45, 2.75) is 74.9 Å². The molecule has 0 aromatic heterocycles. The molecule has 3 aliphatic heterocycles. The van der Waals surface area contributed by atoms with Crippen molar-refractivity contribution < 1.29 is 9.53 Å². The number of benzene rings is 3. The van der Waals surface area contributed by atoms with Crippen molar-refractivity contribution in [3.8, 4) is 5.75 Å². The summed E-state index contributed by atoms with van der Waals surface area (Å²) in [5.41, 5.74) is 2.43. The van der Waals surface area contributed by atoms with Crippen LogP contribution < -0.4 is 10.1 Å². The normalized spacial score (nSPS) is 22.5. The van der Waals surface area contributed by atoms with Gasteiger partial charge in [-0.15, -0.1) is 0 Å². The molecule has 0 aliphatic carbocycles. The highest BCUT2D eigenvalue weighted by Gasteiger charge is 2.29. The summed E-state index contributed by atoms with van der Waals surface area (Å²) in [5.74, 6) is 1.10. The van der Waals surface area contributed by atoms with Crippen molar-refractivity contribution >= 4 is 28.6 Å². The Balaban J connectivity index is 1.08. The van der Waals surface area contributed by atoms with E-state index in [0.717, 1.165) is 37.2 Å². The molecule has 2 fully saturated rings. The first-order valence-electron chi connectivity index (χ1n) is 14.4. The number of likely N-dealkylation sites (tertiary alicyclic amines) is 1. The fourth-order valence-electron chi connectivity index (χ4n) is 6.18. The van der Waals surface area contributed by atoms with E-state index >= 15 is 0 Å². The zero-order chi connectivity index (χ0) is 25.7. The Morgan fingerprint density at radius 2 is 1.74 bits per heavy atom. The summed E-state index contributed by atoms with van der Waals surface area (Å²) in [6, 6.07) is 22.1. The van der Waals surface area contributed by atoms with E-state index in [1.165, 1.54) is 66.4 Å². The zero-order valence-electron chi connectivity index (χ0n) is 22.2. The first kappa shape index (κ1) is 25.7. The summed E-state index contributed by atoms with van der Waals surface area (Å²) in [6.45, 7) is 5.04. The zero-order valence-corrected chi connectivity index (χ0v) is 23.1. The van der Waals surface area contributed by atoms with Crippen molar-refractivity contribution in [1.82, 2.24) is 14.5 Å². The molecule has 1 amide bonds. The van der Waals surface area contributed by atoms with Gasteiger partial charge < -0.3 is 10.1 Å². The Morgan fingerprint density at radius 1 is 0.895 bits per heavy atom. The van der Waals surface area contributed by atoms with Crippen LogP contribution in [0.5, 0.6) is 5.75 Å². The van der Waals surface area contributed by atoms with Crippen LogP contribution in [0.3, 0.4) is 0 Å². The van der Waals surface area contributed by atoms with Crippen LogP contribution in [0.25, 0.3) is 10.8 Å². The van der Waals surface area contributed by atoms with Gasteiger partial charge in [-0.05, 0) is 85.3 Å². The van der Waals surface area contributed by atoms with Gasteiger partial charge in [-0.1, -0.05) is 55.3 Å². The van der Waals surface area contributed by atoms with E-state index in [4.69, 9.17) is 4.74 Å². The number of carbonyl (C=O) groups is 1. The van der Waals surface area contributed by atoms with E-state index in [0.29, 0.717) is 13.0 Å². The Kier molecular flexibility index (Phi) is 8.19. The minimum Gasteiger partial charge on any atom is -0.493 e. The Morgan fingerprint density at radius 3 is 2.63 bits per heavy atom. The summed E-state index contributed by atoms with van der Waals surface area (Å²) >= 11 is 1.81. The summed E-state index contributed by atoms with van der Waals surface area (Å²) in [6.07, 6.45) is 8.76. The van der Waals surface area contributed by atoms with Gasteiger partial charge in [0, 0.05) is 42.4 Å². The Bertz CT molecular complexity index is 1260. The Labute approximate surface area is 231 Å². The van der Waals surface area contributed by atoms with Crippen LogP contribution in [-0.2, 0) is 11.3 Å². The fraction of sp³-hybridized carbons (Fsp3) is 0.469. The molecule has 3 aromatic carbocycles. The summed E-state index contributed by atoms with van der Waals surface area (Å²) in [4.78, 5) is 17.1. The molecule has 0 saturated carbocycles. The van der Waals surface area contributed by atoms with Gasteiger partial charge in [0.1, 0.15) is 5.75 Å². The third-order valence-electron chi connectivity index (χ3n) is 8.25. The van der Waals surface area contributed by atoms with E-state index in [2.05, 4.69) is 75.2 Å². The van der Waals surface area contributed by atoms with Crippen LogP contribution >= 0.6 is 11.9 Å². The summed E-state index contributed by atoms with van der Waals surface area (Å²) < 4.78 is 8.49. The number of nitrogens with one attached hydrogen (secondary N) is 1. The molecule has 6 heteroatoms. The van der Waals surface area contributed by atoms with Crippen molar-refractivity contribution in [2.75, 3.05) is 26.2 Å². The molecular formula is C32H39N3O2S. The lowest BCUT2D eigenvalue weighted by molar-refractivity contribution is -0.123. The van der Waals surface area contributed by atoms with Gasteiger partial charge in [0.05, 0.1) is 12.6 Å². The molecular weight excluding hydrogens is 490 g/mol. The average molecular weight is 530 g/mol. The second-order valence-corrected chi connectivity index (χ2v) is 12.2. The number of hydrogen-bond donors (Lipinski definition) is 1. The number of hydrogen-bond acceptors (Lipinski definition) is 5. The van der Waals surface area contributed by atoms with Crippen LogP contribution in [0.15, 0.2) is 65.6 Å². The van der Waals surface area contributed by atoms with Crippen LogP contribution in [-0.4, -0.2) is 47.4 Å². The van der Waals surface area contributed by atoms with Gasteiger partial charge in [-0.3, -0.25) is 9.69 Å². The number of piperidine rings is 2. The number of amides is 1. The third-order valence-corrected chi connectivity index (χ3v) is 9.43. The van der Waals surface area contributed by atoms with Gasteiger partial charge in [-0.2, -0.15) is 0 Å². The molecule has 3 heterocycles. The molecule has 200 valence electrons. The fourth-order valence-corrected chi connectivity index (χ4v) is 7.31. The maximum atomic E-state index is 13.3. The lowest BCUT2D eigenvalue weighted by atomic mass is 9.97. The average Bonchev–Trinajstić information content (AvgIpc) is 2.95. The molecule has 0 bridgehead atoms. The molecule has 2 saturated heterocycles. The van der Waals surface area contributed by atoms with Gasteiger partial charge in [-0.25, -0.2) is 4.31 Å². The number of carbonyl (C=O) groups excluding carboxylic acids is 1. The van der Waals surface area contributed by atoms with Crippen LogP contribution in [0.4, 0.5) is 0 Å². The topological polar surface area (TPSA) is 44.8 Å². The molecule has 0 radical (unpaired) electrons. The van der Waals surface area contributed by atoms with Crippen LogP contribution in [0.2, 0.25) is 0 Å². The second kappa shape index (κ2) is 12.1. The molecule has 6 rings (SSSR count). The summed E-state index contributed by atoms with van der Waals surface area (Å²) in [5, 5.41) is 5.90. The monoisotopic (exact) mass is 529 g/mol. The highest BCUT2D eigenvalue weighted by atomic mass is 32.2.